The molecule has 108 valence electrons. The molecule has 4 heteroatoms. The van der Waals surface area contributed by atoms with Gasteiger partial charge in [0.05, 0.1) is 18.7 Å². The number of hydrogen-bond donors (Lipinski definition) is 1. The third-order valence-corrected chi connectivity index (χ3v) is 4.47. The lowest BCUT2D eigenvalue weighted by Gasteiger charge is -2.24. The molecule has 1 fully saturated rings. The summed E-state index contributed by atoms with van der Waals surface area (Å²) in [6, 6.07) is 8.10. The van der Waals surface area contributed by atoms with E-state index in [0.717, 1.165) is 30.8 Å². The van der Waals surface area contributed by atoms with Crippen LogP contribution in [-0.4, -0.2) is 25.1 Å². The molecule has 0 bridgehead atoms. The van der Waals surface area contributed by atoms with E-state index in [0.29, 0.717) is 25.0 Å². The van der Waals surface area contributed by atoms with Gasteiger partial charge in [0.15, 0.2) is 0 Å². The van der Waals surface area contributed by atoms with Crippen molar-refractivity contribution in [1.82, 2.24) is 0 Å². The maximum absolute atomic E-state index is 12.3. The first-order valence-electron chi connectivity index (χ1n) is 7.53. The van der Waals surface area contributed by atoms with Crippen molar-refractivity contribution in [3.63, 3.8) is 0 Å². The smallest absolute Gasteiger partial charge is 0.230 e. The largest absolute Gasteiger partial charge is 0.491 e. The normalized spacial score (nSPS) is 26.1. The van der Waals surface area contributed by atoms with Crippen LogP contribution < -0.4 is 15.4 Å². The number of fused-ring (bicyclic) bond motifs is 1. The van der Waals surface area contributed by atoms with E-state index in [1.54, 1.807) is 0 Å². The Balaban J connectivity index is 1.74. The lowest BCUT2D eigenvalue weighted by Crippen LogP contribution is -2.34. The highest BCUT2D eigenvalue weighted by Gasteiger charge is 2.27. The van der Waals surface area contributed by atoms with Crippen molar-refractivity contribution >= 4 is 11.6 Å². The minimum Gasteiger partial charge on any atom is -0.491 e. The molecule has 0 spiro atoms. The van der Waals surface area contributed by atoms with Gasteiger partial charge < -0.3 is 15.4 Å². The monoisotopic (exact) mass is 274 g/mol. The zero-order valence-corrected chi connectivity index (χ0v) is 11.8. The van der Waals surface area contributed by atoms with Gasteiger partial charge in [-0.15, -0.1) is 0 Å². The quantitative estimate of drug-likeness (QED) is 0.920. The first-order chi connectivity index (χ1) is 9.75. The molecular formula is C16H22N2O2. The van der Waals surface area contributed by atoms with E-state index in [2.05, 4.69) is 0 Å². The Bertz CT molecular complexity index is 489. The second kappa shape index (κ2) is 5.83. The van der Waals surface area contributed by atoms with Gasteiger partial charge >= 0.3 is 0 Å². The standard InChI is InChI=1S/C16H22N2O2/c17-13-5-3-4-12(13)8-10-18-14-6-1-2-7-15(14)20-11-9-16(18)19/h1-2,6-7,12-13H,3-5,8-11,17H2. The van der Waals surface area contributed by atoms with Crippen LogP contribution in [0.25, 0.3) is 0 Å². The predicted molar refractivity (Wildman–Crippen MR) is 78.8 cm³/mol. The zero-order chi connectivity index (χ0) is 13.9. The van der Waals surface area contributed by atoms with Crippen LogP contribution in [-0.2, 0) is 4.79 Å². The highest BCUT2D eigenvalue weighted by molar-refractivity contribution is 5.95. The van der Waals surface area contributed by atoms with Gasteiger partial charge in [-0.25, -0.2) is 0 Å². The van der Waals surface area contributed by atoms with Gasteiger partial charge in [-0.2, -0.15) is 0 Å². The van der Waals surface area contributed by atoms with Gasteiger partial charge in [-0.3, -0.25) is 4.79 Å². The highest BCUT2D eigenvalue weighted by Crippen LogP contribution is 2.33. The number of nitrogens with zero attached hydrogens (tertiary/aromatic N) is 1. The van der Waals surface area contributed by atoms with Crippen LogP contribution in [0, 0.1) is 5.92 Å². The maximum Gasteiger partial charge on any atom is 0.230 e. The average molecular weight is 274 g/mol. The summed E-state index contributed by atoms with van der Waals surface area (Å²) in [5.41, 5.74) is 7.03. The van der Waals surface area contributed by atoms with Crippen molar-refractivity contribution in [3.8, 4) is 5.75 Å². The number of nitrogens with two attached hydrogens (primary N) is 1. The van der Waals surface area contributed by atoms with Crippen LogP contribution in [0.3, 0.4) is 0 Å². The second-order valence-electron chi connectivity index (χ2n) is 5.76. The topological polar surface area (TPSA) is 55.6 Å². The summed E-state index contributed by atoms with van der Waals surface area (Å²) in [5, 5.41) is 0. The number of para-hydroxylation sites is 2. The Morgan fingerprint density at radius 1 is 1.30 bits per heavy atom. The number of carbonyl (C=O) groups is 1. The lowest BCUT2D eigenvalue weighted by molar-refractivity contribution is -0.118. The summed E-state index contributed by atoms with van der Waals surface area (Å²) in [6.07, 6.45) is 4.98. The molecular weight excluding hydrogens is 252 g/mol. The average Bonchev–Trinajstić information content (AvgIpc) is 2.78. The Labute approximate surface area is 119 Å². The molecule has 2 atom stereocenters. The molecule has 20 heavy (non-hydrogen) atoms. The Kier molecular flexibility index (Phi) is 3.92. The number of benzene rings is 1. The summed E-state index contributed by atoms with van der Waals surface area (Å²) < 4.78 is 5.65. The lowest BCUT2D eigenvalue weighted by atomic mass is 10.00. The first kappa shape index (κ1) is 13.4. The third kappa shape index (κ3) is 2.66. The van der Waals surface area contributed by atoms with Crippen molar-refractivity contribution in [1.29, 1.82) is 0 Å². The van der Waals surface area contributed by atoms with Crippen LogP contribution in [0.15, 0.2) is 24.3 Å². The van der Waals surface area contributed by atoms with E-state index in [-0.39, 0.29) is 5.91 Å². The molecule has 1 aromatic rings. The van der Waals surface area contributed by atoms with E-state index < -0.39 is 0 Å². The number of anilines is 1. The van der Waals surface area contributed by atoms with Gasteiger partial charge in [-0.05, 0) is 37.3 Å². The molecule has 1 aliphatic carbocycles. The van der Waals surface area contributed by atoms with Crippen molar-refractivity contribution in [2.24, 2.45) is 11.7 Å². The van der Waals surface area contributed by atoms with E-state index in [1.807, 2.05) is 29.2 Å². The minimum absolute atomic E-state index is 0.154. The molecule has 2 N–H and O–H groups in total. The predicted octanol–water partition coefficient (Wildman–Crippen LogP) is 2.32. The summed E-state index contributed by atoms with van der Waals surface area (Å²) in [7, 11) is 0. The molecule has 0 saturated heterocycles. The van der Waals surface area contributed by atoms with Crippen molar-refractivity contribution in [3.05, 3.63) is 24.3 Å². The van der Waals surface area contributed by atoms with Crippen molar-refractivity contribution < 1.29 is 9.53 Å². The van der Waals surface area contributed by atoms with Crippen LogP contribution in [0.1, 0.15) is 32.1 Å². The molecule has 1 aromatic carbocycles. The Morgan fingerprint density at radius 3 is 2.95 bits per heavy atom. The van der Waals surface area contributed by atoms with E-state index >= 15 is 0 Å². The van der Waals surface area contributed by atoms with Gasteiger partial charge in [-0.1, -0.05) is 18.6 Å². The molecule has 1 amide bonds. The van der Waals surface area contributed by atoms with Gasteiger partial charge in [0.25, 0.3) is 0 Å². The molecule has 0 aromatic heterocycles. The highest BCUT2D eigenvalue weighted by atomic mass is 16.5. The zero-order valence-electron chi connectivity index (χ0n) is 11.8. The van der Waals surface area contributed by atoms with Crippen LogP contribution in [0.5, 0.6) is 5.75 Å². The summed E-state index contributed by atoms with van der Waals surface area (Å²) >= 11 is 0. The van der Waals surface area contributed by atoms with Crippen LogP contribution in [0.4, 0.5) is 5.69 Å². The van der Waals surface area contributed by atoms with E-state index in [1.165, 1.54) is 12.8 Å². The Hall–Kier alpha value is -1.55. The fourth-order valence-corrected chi connectivity index (χ4v) is 3.28. The van der Waals surface area contributed by atoms with Gasteiger partial charge in [0.2, 0.25) is 5.91 Å². The van der Waals surface area contributed by atoms with E-state index in [9.17, 15) is 4.79 Å². The molecule has 2 aliphatic rings. The number of hydrogen-bond acceptors (Lipinski definition) is 3. The summed E-state index contributed by atoms with van der Waals surface area (Å²) in [4.78, 5) is 14.2. The van der Waals surface area contributed by atoms with E-state index in [4.69, 9.17) is 10.5 Å². The minimum atomic E-state index is 0.154. The number of ether oxygens (including phenoxy) is 1. The van der Waals surface area contributed by atoms with Crippen molar-refractivity contribution in [2.45, 2.75) is 38.1 Å². The first-order valence-corrected chi connectivity index (χ1v) is 7.53. The van der Waals surface area contributed by atoms with Crippen molar-refractivity contribution in [2.75, 3.05) is 18.1 Å². The van der Waals surface area contributed by atoms with Crippen LogP contribution >= 0.6 is 0 Å². The fraction of sp³-hybridized carbons (Fsp3) is 0.562. The number of amides is 1. The summed E-state index contributed by atoms with van der Waals surface area (Å²) in [6.45, 7) is 1.22. The number of carbonyl (C=O) groups excluding carboxylic acids is 1. The fourth-order valence-electron chi connectivity index (χ4n) is 3.28. The van der Waals surface area contributed by atoms with Crippen LogP contribution in [0.2, 0.25) is 0 Å². The number of rotatable bonds is 3. The SMILES string of the molecule is NC1CCCC1CCN1C(=O)CCOc2ccccc21. The molecule has 0 radical (unpaired) electrons. The molecule has 3 rings (SSSR count). The van der Waals surface area contributed by atoms with Gasteiger partial charge in [0, 0.05) is 12.6 Å². The second-order valence-corrected chi connectivity index (χ2v) is 5.76. The Morgan fingerprint density at radius 2 is 2.15 bits per heavy atom. The molecule has 1 aliphatic heterocycles. The van der Waals surface area contributed by atoms with Gasteiger partial charge in [0.1, 0.15) is 5.75 Å². The summed E-state index contributed by atoms with van der Waals surface area (Å²) in [5.74, 6) is 1.52. The maximum atomic E-state index is 12.3. The molecule has 1 heterocycles. The molecule has 4 nitrogen and oxygen atoms in total. The third-order valence-electron chi connectivity index (χ3n) is 4.47. The molecule has 2 unspecified atom stereocenters. The molecule has 1 saturated carbocycles.